The van der Waals surface area contributed by atoms with Gasteiger partial charge in [0.2, 0.25) is 0 Å². The van der Waals surface area contributed by atoms with Gasteiger partial charge < -0.3 is 9.47 Å². The van der Waals surface area contributed by atoms with E-state index >= 15 is 0 Å². The number of carbonyl (C=O) groups excluding carboxylic acids is 2. The number of rotatable bonds is 14. The summed E-state index contributed by atoms with van der Waals surface area (Å²) < 4.78 is 10.4. The van der Waals surface area contributed by atoms with Crippen LogP contribution in [0.3, 0.4) is 0 Å². The van der Waals surface area contributed by atoms with Gasteiger partial charge in [-0.25, -0.2) is 0 Å². The first kappa shape index (κ1) is 22.2. The van der Waals surface area contributed by atoms with Crippen molar-refractivity contribution >= 4 is 11.9 Å². The molecule has 0 spiro atoms. The Hall–Kier alpha value is -1.84. The fourth-order valence-electron chi connectivity index (χ4n) is 2.61. The summed E-state index contributed by atoms with van der Waals surface area (Å²) in [7, 11) is 0. The first-order chi connectivity index (χ1) is 12.6. The zero-order valence-electron chi connectivity index (χ0n) is 16.4. The van der Waals surface area contributed by atoms with Crippen molar-refractivity contribution in [3.05, 3.63) is 35.4 Å². The zero-order chi connectivity index (χ0) is 19.0. The van der Waals surface area contributed by atoms with E-state index in [0.29, 0.717) is 13.0 Å². The first-order valence-corrected chi connectivity index (χ1v) is 9.98. The number of carbonyl (C=O) groups is 2. The van der Waals surface area contributed by atoms with Gasteiger partial charge in [-0.15, -0.1) is 0 Å². The van der Waals surface area contributed by atoms with Crippen LogP contribution in [-0.4, -0.2) is 18.5 Å². The average Bonchev–Trinajstić information content (AvgIpc) is 2.63. The fourth-order valence-corrected chi connectivity index (χ4v) is 2.61. The molecule has 0 aliphatic carbocycles. The molecular weight excluding hydrogens is 328 g/mol. The molecule has 1 rings (SSSR count). The highest BCUT2D eigenvalue weighted by Gasteiger charge is 2.07. The Morgan fingerprint density at radius 2 is 1.35 bits per heavy atom. The van der Waals surface area contributed by atoms with Crippen LogP contribution in [0.25, 0.3) is 0 Å². The Labute approximate surface area is 158 Å². The van der Waals surface area contributed by atoms with Crippen molar-refractivity contribution in [1.82, 2.24) is 0 Å². The van der Waals surface area contributed by atoms with Gasteiger partial charge in [-0.1, -0.05) is 75.3 Å². The Morgan fingerprint density at radius 3 is 2.00 bits per heavy atom. The van der Waals surface area contributed by atoms with E-state index in [2.05, 4.69) is 6.92 Å². The zero-order valence-corrected chi connectivity index (χ0v) is 16.4. The van der Waals surface area contributed by atoms with Crippen LogP contribution in [0, 0.1) is 6.92 Å². The molecule has 26 heavy (non-hydrogen) atoms. The molecule has 0 unspecified atom stereocenters. The van der Waals surface area contributed by atoms with Gasteiger partial charge in [-0.05, 0) is 25.3 Å². The monoisotopic (exact) mass is 362 g/mol. The van der Waals surface area contributed by atoms with Crippen LogP contribution in [-0.2, 0) is 25.7 Å². The van der Waals surface area contributed by atoms with Crippen LogP contribution in [0.2, 0.25) is 0 Å². The number of unbranched alkanes of at least 4 members (excludes halogenated alkanes) is 6. The molecule has 0 radical (unpaired) electrons. The molecule has 0 N–H and O–H groups in total. The standard InChI is InChI=1S/C22H34O4/c1-3-4-5-6-7-8-9-17-25-21(23)11-10-12-22(24)26-18-20-15-13-19(2)14-16-20/h13-16H,3-12,17-18H2,1-2H3. The van der Waals surface area contributed by atoms with Gasteiger partial charge in [0.1, 0.15) is 6.61 Å². The maximum Gasteiger partial charge on any atom is 0.306 e. The van der Waals surface area contributed by atoms with Crippen molar-refractivity contribution < 1.29 is 19.1 Å². The Kier molecular flexibility index (Phi) is 12.2. The van der Waals surface area contributed by atoms with Crippen molar-refractivity contribution in [3.8, 4) is 0 Å². The molecule has 0 aliphatic rings. The van der Waals surface area contributed by atoms with E-state index in [1.807, 2.05) is 31.2 Å². The highest BCUT2D eigenvalue weighted by Crippen LogP contribution is 2.08. The second-order valence-corrected chi connectivity index (χ2v) is 6.84. The Bertz CT molecular complexity index is 507. The predicted molar refractivity (Wildman–Crippen MR) is 104 cm³/mol. The average molecular weight is 363 g/mol. The molecule has 0 saturated heterocycles. The number of hydrogen-bond acceptors (Lipinski definition) is 4. The normalized spacial score (nSPS) is 10.5. The molecule has 0 aliphatic heterocycles. The molecule has 1 aromatic rings. The molecule has 4 nitrogen and oxygen atoms in total. The highest BCUT2D eigenvalue weighted by molar-refractivity contribution is 5.72. The fraction of sp³-hybridized carbons (Fsp3) is 0.636. The number of ether oxygens (including phenoxy) is 2. The summed E-state index contributed by atoms with van der Waals surface area (Å²) >= 11 is 0. The van der Waals surface area contributed by atoms with Gasteiger partial charge >= 0.3 is 11.9 Å². The lowest BCUT2D eigenvalue weighted by atomic mass is 10.1. The molecular formula is C22H34O4. The van der Waals surface area contributed by atoms with Crippen LogP contribution >= 0.6 is 0 Å². The molecule has 0 saturated carbocycles. The Morgan fingerprint density at radius 1 is 0.769 bits per heavy atom. The third-order valence-electron chi connectivity index (χ3n) is 4.29. The van der Waals surface area contributed by atoms with Crippen molar-refractivity contribution in [2.75, 3.05) is 6.61 Å². The summed E-state index contributed by atoms with van der Waals surface area (Å²) in [4.78, 5) is 23.3. The quantitative estimate of drug-likeness (QED) is 0.324. The van der Waals surface area contributed by atoms with E-state index in [4.69, 9.17) is 9.47 Å². The number of hydrogen-bond donors (Lipinski definition) is 0. The lowest BCUT2D eigenvalue weighted by Crippen LogP contribution is -2.09. The summed E-state index contributed by atoms with van der Waals surface area (Å²) in [5.74, 6) is -0.493. The van der Waals surface area contributed by atoms with E-state index in [9.17, 15) is 9.59 Å². The molecule has 1 aromatic carbocycles. The minimum Gasteiger partial charge on any atom is -0.466 e. The topological polar surface area (TPSA) is 52.6 Å². The van der Waals surface area contributed by atoms with Crippen LogP contribution < -0.4 is 0 Å². The maximum absolute atomic E-state index is 11.7. The van der Waals surface area contributed by atoms with Gasteiger partial charge in [0, 0.05) is 12.8 Å². The van der Waals surface area contributed by atoms with E-state index in [0.717, 1.165) is 18.4 Å². The van der Waals surface area contributed by atoms with E-state index < -0.39 is 0 Å². The van der Waals surface area contributed by atoms with Crippen LogP contribution in [0.1, 0.15) is 82.3 Å². The smallest absolute Gasteiger partial charge is 0.306 e. The van der Waals surface area contributed by atoms with Crippen molar-refractivity contribution in [2.24, 2.45) is 0 Å². The van der Waals surface area contributed by atoms with Gasteiger partial charge in [-0.3, -0.25) is 9.59 Å². The van der Waals surface area contributed by atoms with Crippen LogP contribution in [0.4, 0.5) is 0 Å². The van der Waals surface area contributed by atoms with Crippen molar-refractivity contribution in [1.29, 1.82) is 0 Å². The summed E-state index contributed by atoms with van der Waals surface area (Å²) in [5.41, 5.74) is 2.15. The van der Waals surface area contributed by atoms with Crippen molar-refractivity contribution in [2.45, 2.75) is 84.7 Å². The third-order valence-corrected chi connectivity index (χ3v) is 4.29. The van der Waals surface area contributed by atoms with Crippen molar-refractivity contribution in [3.63, 3.8) is 0 Å². The van der Waals surface area contributed by atoms with E-state index in [-0.39, 0.29) is 31.4 Å². The van der Waals surface area contributed by atoms with E-state index in [1.54, 1.807) is 0 Å². The molecule has 0 fully saturated rings. The van der Waals surface area contributed by atoms with Gasteiger partial charge in [-0.2, -0.15) is 0 Å². The second-order valence-electron chi connectivity index (χ2n) is 6.84. The first-order valence-electron chi connectivity index (χ1n) is 9.98. The second kappa shape index (κ2) is 14.3. The van der Waals surface area contributed by atoms with E-state index in [1.165, 1.54) is 37.7 Å². The lowest BCUT2D eigenvalue weighted by molar-refractivity contribution is -0.146. The number of benzene rings is 1. The maximum atomic E-state index is 11.7. The summed E-state index contributed by atoms with van der Waals surface area (Å²) in [6.07, 6.45) is 9.39. The third kappa shape index (κ3) is 11.7. The van der Waals surface area contributed by atoms with Gasteiger partial charge in [0.15, 0.2) is 0 Å². The molecule has 0 heterocycles. The molecule has 4 heteroatoms. The summed E-state index contributed by atoms with van der Waals surface area (Å²) in [6.45, 7) is 5.00. The molecule has 0 atom stereocenters. The number of esters is 2. The van der Waals surface area contributed by atoms with Gasteiger partial charge in [0.05, 0.1) is 6.61 Å². The Balaban J connectivity index is 1.96. The predicted octanol–water partition coefficient (Wildman–Crippen LogP) is 5.50. The summed E-state index contributed by atoms with van der Waals surface area (Å²) in [5, 5.41) is 0. The highest BCUT2D eigenvalue weighted by atomic mass is 16.5. The summed E-state index contributed by atoms with van der Waals surface area (Å²) in [6, 6.07) is 7.88. The molecule has 0 bridgehead atoms. The van der Waals surface area contributed by atoms with Crippen LogP contribution in [0.5, 0.6) is 0 Å². The molecule has 0 amide bonds. The minimum absolute atomic E-state index is 0.220. The minimum atomic E-state index is -0.273. The van der Waals surface area contributed by atoms with Crippen LogP contribution in [0.15, 0.2) is 24.3 Å². The molecule has 0 aromatic heterocycles. The number of aryl methyl sites for hydroxylation is 1. The molecule has 146 valence electrons. The largest absolute Gasteiger partial charge is 0.466 e. The lowest BCUT2D eigenvalue weighted by Gasteiger charge is -2.06. The SMILES string of the molecule is CCCCCCCCCOC(=O)CCCC(=O)OCc1ccc(C)cc1. The van der Waals surface area contributed by atoms with Gasteiger partial charge in [0.25, 0.3) is 0 Å².